The number of rotatable bonds is 4. The van der Waals surface area contributed by atoms with Crippen LogP contribution in [0.15, 0.2) is 40.9 Å². The molecular weight excluding hydrogens is 420 g/mol. The molecule has 0 aromatic heterocycles. The lowest BCUT2D eigenvalue weighted by Gasteiger charge is -2.36. The van der Waals surface area contributed by atoms with E-state index < -0.39 is 0 Å². The summed E-state index contributed by atoms with van der Waals surface area (Å²) in [6, 6.07) is 11.2. The van der Waals surface area contributed by atoms with Gasteiger partial charge in [0, 0.05) is 31.7 Å². The SMILES string of the molecule is COc1cc(C(=O)N2CCN(c3ccccc3Cl)CC2)cc(OC)c1Br. The predicted octanol–water partition coefficient (Wildman–Crippen LogP) is 4.08. The lowest BCUT2D eigenvalue weighted by molar-refractivity contribution is 0.0746. The van der Waals surface area contributed by atoms with Crippen molar-refractivity contribution in [3.8, 4) is 11.5 Å². The third kappa shape index (κ3) is 3.76. The molecule has 2 aromatic rings. The summed E-state index contributed by atoms with van der Waals surface area (Å²) in [5, 5.41) is 0.731. The Labute approximate surface area is 166 Å². The zero-order chi connectivity index (χ0) is 18.7. The van der Waals surface area contributed by atoms with E-state index in [0.29, 0.717) is 34.6 Å². The quantitative estimate of drug-likeness (QED) is 0.720. The summed E-state index contributed by atoms with van der Waals surface area (Å²) in [4.78, 5) is 17.0. The molecule has 1 fully saturated rings. The molecule has 7 heteroatoms. The summed E-state index contributed by atoms with van der Waals surface area (Å²) in [6.07, 6.45) is 0. The highest BCUT2D eigenvalue weighted by atomic mass is 79.9. The number of halogens is 2. The fraction of sp³-hybridized carbons (Fsp3) is 0.316. The number of methoxy groups -OCH3 is 2. The van der Waals surface area contributed by atoms with Crippen molar-refractivity contribution in [2.45, 2.75) is 0 Å². The molecule has 0 N–H and O–H groups in total. The van der Waals surface area contributed by atoms with Gasteiger partial charge in [0.15, 0.2) is 0 Å². The molecule has 138 valence electrons. The summed E-state index contributed by atoms with van der Waals surface area (Å²) < 4.78 is 11.4. The Bertz CT molecular complexity index is 782. The van der Waals surface area contributed by atoms with E-state index in [1.165, 1.54) is 0 Å². The number of hydrogen-bond donors (Lipinski definition) is 0. The number of para-hydroxylation sites is 1. The molecule has 0 atom stereocenters. The van der Waals surface area contributed by atoms with Crippen molar-refractivity contribution in [1.82, 2.24) is 4.90 Å². The number of carbonyl (C=O) groups is 1. The van der Waals surface area contributed by atoms with E-state index in [1.54, 1.807) is 26.4 Å². The van der Waals surface area contributed by atoms with Crippen LogP contribution in [0.2, 0.25) is 5.02 Å². The largest absolute Gasteiger partial charge is 0.495 e. The smallest absolute Gasteiger partial charge is 0.254 e. The summed E-state index contributed by atoms with van der Waals surface area (Å²) in [6.45, 7) is 2.73. The molecule has 1 saturated heterocycles. The molecule has 0 spiro atoms. The predicted molar refractivity (Wildman–Crippen MR) is 107 cm³/mol. The van der Waals surface area contributed by atoms with Crippen molar-refractivity contribution in [3.63, 3.8) is 0 Å². The third-order valence-electron chi connectivity index (χ3n) is 4.45. The van der Waals surface area contributed by atoms with E-state index in [9.17, 15) is 4.79 Å². The van der Waals surface area contributed by atoms with Crippen LogP contribution in [-0.2, 0) is 0 Å². The van der Waals surface area contributed by atoms with Crippen LogP contribution < -0.4 is 14.4 Å². The fourth-order valence-electron chi connectivity index (χ4n) is 3.03. The molecule has 1 amide bonds. The van der Waals surface area contributed by atoms with Crippen molar-refractivity contribution < 1.29 is 14.3 Å². The lowest BCUT2D eigenvalue weighted by Crippen LogP contribution is -2.48. The molecule has 0 aliphatic carbocycles. The number of benzene rings is 2. The molecule has 2 aromatic carbocycles. The highest BCUT2D eigenvalue weighted by Gasteiger charge is 2.24. The first-order valence-electron chi connectivity index (χ1n) is 8.25. The number of carbonyl (C=O) groups excluding carboxylic acids is 1. The first-order chi connectivity index (χ1) is 12.5. The van der Waals surface area contributed by atoms with E-state index >= 15 is 0 Å². The normalized spacial score (nSPS) is 14.3. The highest BCUT2D eigenvalue weighted by Crippen LogP contribution is 2.36. The van der Waals surface area contributed by atoms with Gasteiger partial charge in [0.2, 0.25) is 0 Å². The van der Waals surface area contributed by atoms with Crippen molar-refractivity contribution in [2.24, 2.45) is 0 Å². The van der Waals surface area contributed by atoms with E-state index in [-0.39, 0.29) is 5.91 Å². The van der Waals surface area contributed by atoms with Crippen LogP contribution in [-0.4, -0.2) is 51.2 Å². The Morgan fingerprint density at radius 1 is 1.04 bits per heavy atom. The molecule has 1 heterocycles. The van der Waals surface area contributed by atoms with E-state index in [2.05, 4.69) is 20.8 Å². The van der Waals surface area contributed by atoms with E-state index in [4.69, 9.17) is 21.1 Å². The van der Waals surface area contributed by atoms with Gasteiger partial charge in [-0.2, -0.15) is 0 Å². The third-order valence-corrected chi connectivity index (χ3v) is 5.55. The Morgan fingerprint density at radius 2 is 1.62 bits per heavy atom. The van der Waals surface area contributed by atoms with Crippen LogP contribution in [0.5, 0.6) is 11.5 Å². The zero-order valence-corrected chi connectivity index (χ0v) is 17.0. The van der Waals surface area contributed by atoms with E-state index in [1.807, 2.05) is 29.2 Å². The van der Waals surface area contributed by atoms with Crippen molar-refractivity contribution in [1.29, 1.82) is 0 Å². The maximum Gasteiger partial charge on any atom is 0.254 e. The Balaban J connectivity index is 1.74. The van der Waals surface area contributed by atoms with Crippen molar-refractivity contribution in [3.05, 3.63) is 51.5 Å². The second-order valence-corrected chi connectivity index (χ2v) is 7.13. The van der Waals surface area contributed by atoms with Gasteiger partial charge in [-0.25, -0.2) is 0 Å². The molecule has 0 radical (unpaired) electrons. The Kier molecular flexibility index (Phi) is 5.94. The molecule has 0 bridgehead atoms. The van der Waals surface area contributed by atoms with Gasteiger partial charge in [-0.3, -0.25) is 4.79 Å². The maximum atomic E-state index is 12.9. The molecule has 1 aliphatic heterocycles. The molecule has 26 heavy (non-hydrogen) atoms. The minimum absolute atomic E-state index is 0.0343. The van der Waals surface area contributed by atoms with E-state index in [0.717, 1.165) is 23.8 Å². The van der Waals surface area contributed by atoms with Crippen LogP contribution in [0.25, 0.3) is 0 Å². The first kappa shape index (κ1) is 18.9. The van der Waals surface area contributed by atoms with Crippen LogP contribution in [0, 0.1) is 0 Å². The number of anilines is 1. The first-order valence-corrected chi connectivity index (χ1v) is 9.42. The van der Waals surface area contributed by atoms with Crippen LogP contribution in [0.4, 0.5) is 5.69 Å². The number of amides is 1. The molecule has 3 rings (SSSR count). The van der Waals surface area contributed by atoms with Gasteiger partial charge in [0.05, 0.1) is 24.9 Å². The Hall–Kier alpha value is -1.92. The minimum Gasteiger partial charge on any atom is -0.495 e. The molecular formula is C19H20BrClN2O3. The summed E-state index contributed by atoms with van der Waals surface area (Å²) in [7, 11) is 3.13. The topological polar surface area (TPSA) is 42.0 Å². The second kappa shape index (κ2) is 8.18. The molecule has 1 aliphatic rings. The average Bonchev–Trinajstić information content (AvgIpc) is 2.68. The zero-order valence-electron chi connectivity index (χ0n) is 14.7. The van der Waals surface area contributed by atoms with Gasteiger partial charge in [-0.1, -0.05) is 23.7 Å². The minimum atomic E-state index is -0.0343. The number of hydrogen-bond acceptors (Lipinski definition) is 4. The van der Waals surface area contributed by atoms with Gasteiger partial charge in [0.25, 0.3) is 5.91 Å². The summed E-state index contributed by atoms with van der Waals surface area (Å²) >= 11 is 9.71. The van der Waals surface area contributed by atoms with Gasteiger partial charge in [-0.05, 0) is 40.2 Å². The summed E-state index contributed by atoms with van der Waals surface area (Å²) in [5.74, 6) is 1.11. The fourth-order valence-corrected chi connectivity index (χ4v) is 3.84. The average molecular weight is 440 g/mol. The number of ether oxygens (including phenoxy) is 2. The van der Waals surface area contributed by atoms with Gasteiger partial charge >= 0.3 is 0 Å². The molecule has 5 nitrogen and oxygen atoms in total. The van der Waals surface area contributed by atoms with Gasteiger partial charge in [-0.15, -0.1) is 0 Å². The van der Waals surface area contributed by atoms with Crippen molar-refractivity contribution in [2.75, 3.05) is 45.3 Å². The summed E-state index contributed by atoms with van der Waals surface area (Å²) in [5.41, 5.74) is 1.56. The lowest BCUT2D eigenvalue weighted by atomic mass is 10.1. The number of piperazine rings is 1. The maximum absolute atomic E-state index is 12.9. The second-order valence-electron chi connectivity index (χ2n) is 5.93. The number of nitrogens with zero attached hydrogens (tertiary/aromatic N) is 2. The standard InChI is InChI=1S/C19H20BrClN2O3/c1-25-16-11-13(12-17(26-2)18(16)20)19(24)23-9-7-22(8-10-23)15-6-4-3-5-14(15)21/h3-6,11-12H,7-10H2,1-2H3. The molecule has 0 unspecified atom stereocenters. The van der Waals surface area contributed by atoms with Crippen LogP contribution in [0.3, 0.4) is 0 Å². The highest BCUT2D eigenvalue weighted by molar-refractivity contribution is 9.10. The van der Waals surface area contributed by atoms with Crippen molar-refractivity contribution >= 4 is 39.1 Å². The molecule has 0 saturated carbocycles. The van der Waals surface area contributed by atoms with Crippen LogP contribution in [0.1, 0.15) is 10.4 Å². The monoisotopic (exact) mass is 438 g/mol. The Morgan fingerprint density at radius 3 is 2.15 bits per heavy atom. The van der Waals surface area contributed by atoms with Gasteiger partial charge in [0.1, 0.15) is 16.0 Å². The van der Waals surface area contributed by atoms with Crippen LogP contribution >= 0.6 is 27.5 Å². The van der Waals surface area contributed by atoms with Gasteiger partial charge < -0.3 is 19.3 Å².